The van der Waals surface area contributed by atoms with E-state index < -0.39 is 0 Å². The predicted octanol–water partition coefficient (Wildman–Crippen LogP) is 0.00612. The van der Waals surface area contributed by atoms with Crippen LogP contribution in [0.3, 0.4) is 0 Å². The lowest BCUT2D eigenvalue weighted by Gasteiger charge is -2.05. The summed E-state index contributed by atoms with van der Waals surface area (Å²) in [5.41, 5.74) is 7.32. The van der Waals surface area contributed by atoms with E-state index >= 15 is 0 Å². The van der Waals surface area contributed by atoms with Gasteiger partial charge in [0.2, 0.25) is 0 Å². The van der Waals surface area contributed by atoms with Crippen LogP contribution in [-0.2, 0) is 13.6 Å². The fourth-order valence-electron chi connectivity index (χ4n) is 1.55. The van der Waals surface area contributed by atoms with E-state index in [9.17, 15) is 4.79 Å². The Balaban J connectivity index is 2.15. The van der Waals surface area contributed by atoms with Crippen molar-refractivity contribution in [3.8, 4) is 0 Å². The van der Waals surface area contributed by atoms with Gasteiger partial charge in [-0.15, -0.1) is 0 Å². The molecule has 0 saturated carbocycles. The lowest BCUT2D eigenvalue weighted by atomic mass is 10.2. The SMILES string of the molecule is Cc1nn(C)cc1CNc1nc[nH]c(=O)c1N. The number of nitrogens with two attached hydrogens (primary N) is 1. The molecule has 0 saturated heterocycles. The molecule has 0 fully saturated rings. The van der Waals surface area contributed by atoms with E-state index in [0.717, 1.165) is 11.3 Å². The molecule has 7 heteroatoms. The Kier molecular flexibility index (Phi) is 2.82. The van der Waals surface area contributed by atoms with Crippen molar-refractivity contribution in [2.45, 2.75) is 13.5 Å². The van der Waals surface area contributed by atoms with Crippen LogP contribution in [-0.4, -0.2) is 19.7 Å². The highest BCUT2D eigenvalue weighted by molar-refractivity contribution is 5.59. The molecule has 2 aromatic rings. The van der Waals surface area contributed by atoms with Crippen LogP contribution in [0, 0.1) is 6.92 Å². The molecule has 90 valence electrons. The topological polar surface area (TPSA) is 102 Å². The van der Waals surface area contributed by atoms with E-state index in [1.165, 1.54) is 6.33 Å². The molecule has 17 heavy (non-hydrogen) atoms. The minimum absolute atomic E-state index is 0.0917. The second-order valence-corrected chi connectivity index (χ2v) is 3.76. The average Bonchev–Trinajstić information content (AvgIpc) is 2.60. The molecule has 0 aromatic carbocycles. The van der Waals surface area contributed by atoms with E-state index in [-0.39, 0.29) is 11.2 Å². The third-order valence-electron chi connectivity index (χ3n) is 2.45. The van der Waals surface area contributed by atoms with Gasteiger partial charge in [0.25, 0.3) is 5.56 Å². The number of hydrogen-bond donors (Lipinski definition) is 3. The summed E-state index contributed by atoms with van der Waals surface area (Å²) in [4.78, 5) is 17.6. The fraction of sp³-hybridized carbons (Fsp3) is 0.300. The van der Waals surface area contributed by atoms with Gasteiger partial charge in [-0.05, 0) is 6.92 Å². The van der Waals surface area contributed by atoms with Gasteiger partial charge in [-0.3, -0.25) is 9.48 Å². The summed E-state index contributed by atoms with van der Waals surface area (Å²) < 4.78 is 1.74. The number of rotatable bonds is 3. The van der Waals surface area contributed by atoms with E-state index in [2.05, 4.69) is 20.4 Å². The molecule has 4 N–H and O–H groups in total. The van der Waals surface area contributed by atoms with Crippen molar-refractivity contribution in [3.05, 3.63) is 34.1 Å². The number of aromatic amines is 1. The van der Waals surface area contributed by atoms with Crippen molar-refractivity contribution in [3.63, 3.8) is 0 Å². The van der Waals surface area contributed by atoms with E-state index in [0.29, 0.717) is 12.4 Å². The Morgan fingerprint density at radius 2 is 2.35 bits per heavy atom. The van der Waals surface area contributed by atoms with Crippen molar-refractivity contribution in [1.29, 1.82) is 0 Å². The number of nitrogens with one attached hydrogen (secondary N) is 2. The molecular formula is C10H14N6O. The second kappa shape index (κ2) is 4.28. The van der Waals surface area contributed by atoms with Gasteiger partial charge in [0.15, 0.2) is 5.82 Å². The highest BCUT2D eigenvalue weighted by Crippen LogP contribution is 2.11. The van der Waals surface area contributed by atoms with Gasteiger partial charge >= 0.3 is 0 Å². The molecule has 7 nitrogen and oxygen atoms in total. The standard InChI is InChI=1S/C10H14N6O/c1-6-7(4-16(2)15-6)3-12-9-8(11)10(17)14-5-13-9/h4-5H,3,11H2,1-2H3,(H2,12,13,14,17). The number of aromatic nitrogens is 4. The van der Waals surface area contributed by atoms with Crippen LogP contribution in [0.5, 0.6) is 0 Å². The highest BCUT2D eigenvalue weighted by atomic mass is 16.1. The number of anilines is 2. The van der Waals surface area contributed by atoms with Gasteiger partial charge in [0.1, 0.15) is 5.69 Å². The lowest BCUT2D eigenvalue weighted by molar-refractivity contribution is 0.756. The van der Waals surface area contributed by atoms with Gasteiger partial charge in [0.05, 0.1) is 12.0 Å². The van der Waals surface area contributed by atoms with E-state index in [1.807, 2.05) is 20.2 Å². The molecule has 0 spiro atoms. The second-order valence-electron chi connectivity index (χ2n) is 3.76. The van der Waals surface area contributed by atoms with Crippen molar-refractivity contribution < 1.29 is 0 Å². The quantitative estimate of drug-likeness (QED) is 0.694. The first kappa shape index (κ1) is 11.2. The third-order valence-corrected chi connectivity index (χ3v) is 2.45. The summed E-state index contributed by atoms with van der Waals surface area (Å²) in [6.07, 6.45) is 3.23. The predicted molar refractivity (Wildman–Crippen MR) is 64.5 cm³/mol. The Hall–Kier alpha value is -2.31. The molecule has 2 rings (SSSR count). The maximum absolute atomic E-state index is 11.2. The number of aryl methyl sites for hydroxylation is 2. The zero-order chi connectivity index (χ0) is 12.4. The van der Waals surface area contributed by atoms with E-state index in [4.69, 9.17) is 5.73 Å². The smallest absolute Gasteiger partial charge is 0.276 e. The van der Waals surface area contributed by atoms with Gasteiger partial charge in [-0.2, -0.15) is 5.10 Å². The van der Waals surface area contributed by atoms with Crippen LogP contribution in [0.1, 0.15) is 11.3 Å². The minimum atomic E-state index is -0.342. The summed E-state index contributed by atoms with van der Waals surface area (Å²) in [6.45, 7) is 2.45. The maximum atomic E-state index is 11.2. The summed E-state index contributed by atoms with van der Waals surface area (Å²) in [5, 5.41) is 7.24. The van der Waals surface area contributed by atoms with Gasteiger partial charge in [-0.1, -0.05) is 0 Å². The van der Waals surface area contributed by atoms with Gasteiger partial charge in [-0.25, -0.2) is 4.98 Å². The molecule has 0 aliphatic rings. The Morgan fingerprint density at radius 3 is 3.00 bits per heavy atom. The number of hydrogen-bond acceptors (Lipinski definition) is 5. The van der Waals surface area contributed by atoms with Crippen molar-refractivity contribution >= 4 is 11.5 Å². The van der Waals surface area contributed by atoms with Gasteiger partial charge < -0.3 is 16.0 Å². The normalized spacial score (nSPS) is 10.5. The Labute approximate surface area is 97.7 Å². The van der Waals surface area contributed by atoms with Crippen LogP contribution in [0.4, 0.5) is 11.5 Å². The third kappa shape index (κ3) is 2.27. The van der Waals surface area contributed by atoms with Crippen LogP contribution in [0.25, 0.3) is 0 Å². The van der Waals surface area contributed by atoms with Crippen molar-refractivity contribution in [2.75, 3.05) is 11.1 Å². The molecule has 0 aliphatic carbocycles. The molecule has 0 bridgehead atoms. The lowest BCUT2D eigenvalue weighted by Crippen LogP contribution is -2.16. The molecular weight excluding hydrogens is 220 g/mol. The molecule has 2 aromatic heterocycles. The summed E-state index contributed by atoms with van der Waals surface area (Å²) >= 11 is 0. The minimum Gasteiger partial charge on any atom is -0.391 e. The average molecular weight is 234 g/mol. The van der Waals surface area contributed by atoms with Gasteiger partial charge in [0, 0.05) is 25.4 Å². The van der Waals surface area contributed by atoms with Crippen LogP contribution in [0.2, 0.25) is 0 Å². The summed E-state index contributed by atoms with van der Waals surface area (Å²) in [7, 11) is 1.86. The molecule has 0 aliphatic heterocycles. The van der Waals surface area contributed by atoms with Crippen molar-refractivity contribution in [2.24, 2.45) is 7.05 Å². The molecule has 0 unspecified atom stereocenters. The number of H-pyrrole nitrogens is 1. The number of nitrogens with zero attached hydrogens (tertiary/aromatic N) is 3. The van der Waals surface area contributed by atoms with E-state index in [1.54, 1.807) is 4.68 Å². The molecule has 0 amide bonds. The van der Waals surface area contributed by atoms with Crippen LogP contribution in [0.15, 0.2) is 17.3 Å². The molecule has 0 atom stereocenters. The highest BCUT2D eigenvalue weighted by Gasteiger charge is 2.06. The first-order valence-electron chi connectivity index (χ1n) is 5.14. The maximum Gasteiger partial charge on any atom is 0.276 e. The van der Waals surface area contributed by atoms with Crippen LogP contribution >= 0.6 is 0 Å². The first-order valence-corrected chi connectivity index (χ1v) is 5.14. The first-order chi connectivity index (χ1) is 8.08. The van der Waals surface area contributed by atoms with Crippen LogP contribution < -0.4 is 16.6 Å². The molecule has 2 heterocycles. The Bertz CT molecular complexity index is 585. The zero-order valence-corrected chi connectivity index (χ0v) is 9.69. The zero-order valence-electron chi connectivity index (χ0n) is 9.69. The molecule has 0 radical (unpaired) electrons. The largest absolute Gasteiger partial charge is 0.391 e. The monoisotopic (exact) mass is 234 g/mol. The number of nitrogen functional groups attached to an aromatic ring is 1. The Morgan fingerprint density at radius 1 is 1.59 bits per heavy atom. The summed E-state index contributed by atoms with van der Waals surface area (Å²) in [5.74, 6) is 0.386. The fourth-order valence-corrected chi connectivity index (χ4v) is 1.55. The summed E-state index contributed by atoms with van der Waals surface area (Å²) in [6, 6.07) is 0. The van der Waals surface area contributed by atoms with Crippen molar-refractivity contribution in [1.82, 2.24) is 19.7 Å².